The summed E-state index contributed by atoms with van der Waals surface area (Å²) < 4.78 is 16.0. The molecule has 0 fully saturated rings. The first-order chi connectivity index (χ1) is 18.4. The number of allylic oxidation sites excluding steroid dienone is 3. The molecule has 9 nitrogen and oxygen atoms in total. The smallest absolute Gasteiger partial charge is 0.237 e. The Bertz CT molecular complexity index is 1450. The number of azide groups is 1. The highest BCUT2D eigenvalue weighted by atomic mass is 16.5. The first kappa shape index (κ1) is 26.2. The maximum Gasteiger partial charge on any atom is 0.237 e. The zero-order chi connectivity index (χ0) is 27.2. The van der Waals surface area contributed by atoms with Crippen LogP contribution in [0.2, 0.25) is 0 Å². The summed E-state index contributed by atoms with van der Waals surface area (Å²) in [5.74, 6) is 0.731. The summed E-state index contributed by atoms with van der Waals surface area (Å²) in [4.78, 5) is 16.3. The number of nitrogens with one attached hydrogen (secondary N) is 1. The van der Waals surface area contributed by atoms with Crippen molar-refractivity contribution in [2.45, 2.75) is 19.4 Å². The van der Waals surface area contributed by atoms with E-state index in [1.807, 2.05) is 49.4 Å². The second-order valence-corrected chi connectivity index (χ2v) is 8.58. The standard InChI is InChI=1S/C29H28N4O5/c1-17-21(12-10-18-14-24(37-3)28(34)25(15-18)38-4)22-13-11-20(36-2)16-23(22)26(17)27(32-33-30)29(35)31-19-8-6-5-7-9-19/h5-9,11-16,27,34H,10H2,1-4H3,(H,31,35)/b21-12-. The number of rotatable bonds is 9. The monoisotopic (exact) mass is 512 g/mol. The van der Waals surface area contributed by atoms with E-state index >= 15 is 0 Å². The highest BCUT2D eigenvalue weighted by Gasteiger charge is 2.33. The fraction of sp³-hybridized carbons (Fsp3) is 0.207. The number of nitrogens with zero attached hydrogens (tertiary/aromatic N) is 3. The molecule has 3 aromatic carbocycles. The minimum atomic E-state index is -1.11. The molecule has 0 aromatic heterocycles. The minimum Gasteiger partial charge on any atom is -0.502 e. The Kier molecular flexibility index (Phi) is 7.89. The Morgan fingerprint density at radius 2 is 1.71 bits per heavy atom. The van der Waals surface area contributed by atoms with Crippen LogP contribution in [-0.2, 0) is 11.2 Å². The first-order valence-electron chi connectivity index (χ1n) is 11.9. The molecule has 1 aliphatic carbocycles. The number of carbonyl (C=O) groups excluding carboxylic acids is 1. The van der Waals surface area contributed by atoms with Gasteiger partial charge in [-0.15, -0.1) is 0 Å². The van der Waals surface area contributed by atoms with Gasteiger partial charge >= 0.3 is 0 Å². The molecular weight excluding hydrogens is 484 g/mol. The van der Waals surface area contributed by atoms with Gasteiger partial charge in [0.25, 0.3) is 0 Å². The van der Waals surface area contributed by atoms with Gasteiger partial charge in [0.05, 0.1) is 21.3 Å². The van der Waals surface area contributed by atoms with E-state index in [0.717, 1.165) is 27.8 Å². The maximum absolute atomic E-state index is 13.3. The van der Waals surface area contributed by atoms with Crippen molar-refractivity contribution in [3.63, 3.8) is 0 Å². The van der Waals surface area contributed by atoms with Crippen LogP contribution in [0.4, 0.5) is 5.69 Å². The second kappa shape index (κ2) is 11.5. The first-order valence-corrected chi connectivity index (χ1v) is 11.9. The number of amides is 1. The zero-order valence-electron chi connectivity index (χ0n) is 21.6. The number of phenols is 1. The van der Waals surface area contributed by atoms with Crippen molar-refractivity contribution in [1.82, 2.24) is 0 Å². The lowest BCUT2D eigenvalue weighted by atomic mass is 9.97. The average Bonchev–Trinajstić information content (AvgIpc) is 3.21. The molecule has 0 radical (unpaired) electrons. The van der Waals surface area contributed by atoms with E-state index in [1.54, 1.807) is 31.4 Å². The van der Waals surface area contributed by atoms with Gasteiger partial charge in [0.1, 0.15) is 11.8 Å². The number of fused-ring (bicyclic) bond motifs is 1. The predicted molar refractivity (Wildman–Crippen MR) is 146 cm³/mol. The Hall–Kier alpha value is -4.88. The van der Waals surface area contributed by atoms with Gasteiger partial charge in [-0.1, -0.05) is 35.5 Å². The molecule has 4 rings (SSSR count). The van der Waals surface area contributed by atoms with E-state index in [9.17, 15) is 15.4 Å². The van der Waals surface area contributed by atoms with Crippen LogP contribution in [0.15, 0.2) is 77.4 Å². The predicted octanol–water partition coefficient (Wildman–Crippen LogP) is 6.15. The van der Waals surface area contributed by atoms with Crippen molar-refractivity contribution in [2.24, 2.45) is 5.11 Å². The highest BCUT2D eigenvalue weighted by molar-refractivity contribution is 6.11. The molecule has 0 bridgehead atoms. The molecule has 0 saturated carbocycles. The zero-order valence-corrected chi connectivity index (χ0v) is 21.6. The molecule has 0 aliphatic heterocycles. The molecule has 2 N–H and O–H groups in total. The van der Waals surface area contributed by atoms with Crippen LogP contribution in [-0.4, -0.2) is 38.4 Å². The van der Waals surface area contributed by atoms with Gasteiger partial charge in [-0.05, 0) is 88.7 Å². The molecular formula is C29H28N4O5. The number of ether oxygens (including phenoxy) is 3. The van der Waals surface area contributed by atoms with Gasteiger partial charge < -0.3 is 24.6 Å². The van der Waals surface area contributed by atoms with Crippen molar-refractivity contribution in [3.05, 3.63) is 99.4 Å². The summed E-state index contributed by atoms with van der Waals surface area (Å²) in [5, 5.41) is 17.0. The van der Waals surface area contributed by atoms with Crippen molar-refractivity contribution >= 4 is 22.7 Å². The molecule has 0 saturated heterocycles. The number of anilines is 1. The van der Waals surface area contributed by atoms with Gasteiger partial charge in [-0.2, -0.15) is 0 Å². The number of carbonyl (C=O) groups is 1. The minimum absolute atomic E-state index is 0.0651. The SMILES string of the molecule is COc1ccc2c(c1)C(C(N=[N+]=[N-])C(=O)Nc1ccccc1)=C(C)/C2=C/Cc1cc(OC)c(O)c(OC)c1. The highest BCUT2D eigenvalue weighted by Crippen LogP contribution is 2.45. The fourth-order valence-corrected chi connectivity index (χ4v) is 4.58. The van der Waals surface area contributed by atoms with Gasteiger partial charge in [-0.25, -0.2) is 0 Å². The summed E-state index contributed by atoms with van der Waals surface area (Å²) in [6.07, 6.45) is 2.52. The number of para-hydroxylation sites is 1. The summed E-state index contributed by atoms with van der Waals surface area (Å²) >= 11 is 0. The van der Waals surface area contributed by atoms with Crippen LogP contribution in [0.3, 0.4) is 0 Å². The van der Waals surface area contributed by atoms with E-state index in [0.29, 0.717) is 34.9 Å². The number of methoxy groups -OCH3 is 3. The lowest BCUT2D eigenvalue weighted by molar-refractivity contribution is -0.116. The summed E-state index contributed by atoms with van der Waals surface area (Å²) in [7, 11) is 4.53. The lowest BCUT2D eigenvalue weighted by Gasteiger charge is -2.16. The molecule has 194 valence electrons. The number of phenolic OH excluding ortho intramolecular Hbond substituents is 1. The lowest BCUT2D eigenvalue weighted by Crippen LogP contribution is -2.27. The van der Waals surface area contributed by atoms with Gasteiger partial charge in [0.15, 0.2) is 11.5 Å². The van der Waals surface area contributed by atoms with E-state index in [4.69, 9.17) is 14.2 Å². The number of aromatic hydroxyl groups is 1. The largest absolute Gasteiger partial charge is 0.502 e. The normalized spacial score (nSPS) is 13.9. The van der Waals surface area contributed by atoms with Crippen LogP contribution in [0.1, 0.15) is 23.6 Å². The molecule has 1 amide bonds. The molecule has 1 aliphatic rings. The Morgan fingerprint density at radius 3 is 2.32 bits per heavy atom. The van der Waals surface area contributed by atoms with Crippen LogP contribution in [0, 0.1) is 0 Å². The molecule has 1 unspecified atom stereocenters. The van der Waals surface area contributed by atoms with E-state index in [-0.39, 0.29) is 5.75 Å². The number of benzene rings is 3. The fourth-order valence-electron chi connectivity index (χ4n) is 4.58. The molecule has 0 heterocycles. The number of hydrogen-bond acceptors (Lipinski definition) is 6. The van der Waals surface area contributed by atoms with E-state index in [2.05, 4.69) is 15.3 Å². The molecule has 3 aromatic rings. The third-order valence-corrected chi connectivity index (χ3v) is 6.43. The third kappa shape index (κ3) is 5.14. The molecule has 9 heteroatoms. The summed E-state index contributed by atoms with van der Waals surface area (Å²) in [6.45, 7) is 1.90. The van der Waals surface area contributed by atoms with Crippen LogP contribution >= 0.6 is 0 Å². The van der Waals surface area contributed by atoms with Gasteiger partial charge in [0.2, 0.25) is 11.7 Å². The maximum atomic E-state index is 13.3. The Morgan fingerprint density at radius 1 is 1.03 bits per heavy atom. The Labute approximate surface area is 220 Å². The molecule has 38 heavy (non-hydrogen) atoms. The quantitative estimate of drug-likeness (QED) is 0.202. The third-order valence-electron chi connectivity index (χ3n) is 6.43. The Balaban J connectivity index is 1.79. The van der Waals surface area contributed by atoms with Gasteiger partial charge in [0, 0.05) is 10.6 Å². The number of hydrogen-bond donors (Lipinski definition) is 2. The topological polar surface area (TPSA) is 126 Å². The van der Waals surface area contributed by atoms with Crippen molar-refractivity contribution in [3.8, 4) is 23.0 Å². The molecule has 1 atom stereocenters. The van der Waals surface area contributed by atoms with Crippen molar-refractivity contribution < 1.29 is 24.1 Å². The summed E-state index contributed by atoms with van der Waals surface area (Å²) in [6, 6.07) is 17.0. The van der Waals surface area contributed by atoms with Crippen molar-refractivity contribution in [2.75, 3.05) is 26.6 Å². The van der Waals surface area contributed by atoms with Gasteiger partial charge in [-0.3, -0.25) is 4.79 Å². The second-order valence-electron chi connectivity index (χ2n) is 8.58. The average molecular weight is 513 g/mol. The van der Waals surface area contributed by atoms with Crippen LogP contribution < -0.4 is 19.5 Å². The molecule has 0 spiro atoms. The van der Waals surface area contributed by atoms with E-state index < -0.39 is 11.9 Å². The van der Waals surface area contributed by atoms with Crippen molar-refractivity contribution in [1.29, 1.82) is 0 Å². The van der Waals surface area contributed by atoms with E-state index in [1.165, 1.54) is 14.2 Å². The van der Waals surface area contributed by atoms with Crippen LogP contribution in [0.5, 0.6) is 23.0 Å². The van der Waals surface area contributed by atoms with Crippen LogP contribution in [0.25, 0.3) is 21.6 Å². The summed E-state index contributed by atoms with van der Waals surface area (Å²) in [5.41, 5.74) is 14.8.